The summed E-state index contributed by atoms with van der Waals surface area (Å²) in [7, 11) is 2.55. The first-order valence-corrected chi connectivity index (χ1v) is 22.0. The molecule has 1 spiro atoms. The highest BCUT2D eigenvalue weighted by Gasteiger charge is 2.56. The van der Waals surface area contributed by atoms with Crippen molar-refractivity contribution in [3.05, 3.63) is 72.6 Å². The summed E-state index contributed by atoms with van der Waals surface area (Å²) in [5.74, 6) is 0.611. The van der Waals surface area contributed by atoms with Crippen LogP contribution in [0.1, 0.15) is 91.5 Å². The summed E-state index contributed by atoms with van der Waals surface area (Å²) in [6.07, 6.45) is 4.04. The van der Waals surface area contributed by atoms with Crippen LogP contribution in [0.3, 0.4) is 0 Å². The number of benzene rings is 2. The molecule has 2 aromatic carbocycles. The number of hydrogen-bond donors (Lipinski definition) is 4. The summed E-state index contributed by atoms with van der Waals surface area (Å²) in [6.45, 7) is 14.9. The van der Waals surface area contributed by atoms with Crippen LogP contribution in [0.4, 0.5) is 14.4 Å². The number of carbonyl (C=O) groups excluding carboxylic acids is 5. The van der Waals surface area contributed by atoms with Gasteiger partial charge in [-0.25, -0.2) is 24.4 Å². The molecule has 64 heavy (non-hydrogen) atoms. The Morgan fingerprint density at radius 3 is 1.59 bits per heavy atom. The fraction of sp³-hybridized carbons (Fsp3) is 0.511. The number of amides is 5. The minimum absolute atomic E-state index is 0.120. The molecule has 4 aromatic rings. The second kappa shape index (κ2) is 18.4. The molecule has 5 amide bonds. The molecule has 2 aromatic heterocycles. The molecule has 17 heteroatoms. The lowest BCUT2D eigenvalue weighted by Gasteiger charge is -2.47. The lowest BCUT2D eigenvalue weighted by Crippen LogP contribution is -2.61. The summed E-state index contributed by atoms with van der Waals surface area (Å²) >= 11 is 0. The molecule has 3 fully saturated rings. The molecular formula is C47H61N9O8. The van der Waals surface area contributed by atoms with E-state index in [9.17, 15) is 24.0 Å². The topological polar surface area (TPSA) is 204 Å². The van der Waals surface area contributed by atoms with Crippen molar-refractivity contribution in [1.82, 2.24) is 45.3 Å². The SMILES string of the molecule is COC(=O)N[C@H](C(=O)N1CCCC1c1ncc(-c2ccc(-c3ccc(-c4cnc(C5CC6(CN(C(=O)OC(C)(C)C)C6)CN5C(=O)[C@@H](NC(=O)OC)C(C)C)[nH]4)cc3)cc2)[nH]1)C(C)C. The van der Waals surface area contributed by atoms with Gasteiger partial charge >= 0.3 is 18.3 Å². The normalized spacial score (nSPS) is 19.1. The van der Waals surface area contributed by atoms with Gasteiger partial charge in [-0.05, 0) is 74.1 Å². The van der Waals surface area contributed by atoms with Gasteiger partial charge < -0.3 is 49.5 Å². The van der Waals surface area contributed by atoms with Gasteiger partial charge in [0, 0.05) is 31.6 Å². The maximum atomic E-state index is 14.2. The molecule has 0 bridgehead atoms. The Hall–Kier alpha value is -6.39. The standard InChI is InChI=1S/C47H61N9O8/c1-27(2)37(52-43(59)62-8)41(57)55-20-10-11-35(55)39-48-22-33(50-39)31-16-12-29(13-17-31)30-14-18-32(19-15-30)34-23-49-40(51-34)36-21-47(24-54(25-47)45(61)64-46(5,6)7)26-56(36)42(58)38(28(3)4)53-44(60)63-9/h12-19,22-23,27-28,35-38H,10-11,20-21,24-26H2,1-9H3,(H,48,50)(H,49,51)(H,52,59)(H,53,60)/t35?,36?,37-,38-/m0/s1. The summed E-state index contributed by atoms with van der Waals surface area (Å²) in [4.78, 5) is 86.7. The highest BCUT2D eigenvalue weighted by molar-refractivity contribution is 5.87. The van der Waals surface area contributed by atoms with Crippen LogP contribution >= 0.6 is 0 Å². The average Bonchev–Trinajstić information content (AvgIpc) is 4.09. The number of aromatic nitrogens is 4. The van der Waals surface area contributed by atoms with Gasteiger partial charge in [-0.3, -0.25) is 9.59 Å². The zero-order valence-corrected chi connectivity index (χ0v) is 38.2. The number of H-pyrrole nitrogens is 2. The molecule has 3 aliphatic rings. The fourth-order valence-corrected chi connectivity index (χ4v) is 9.04. The fourth-order valence-electron chi connectivity index (χ4n) is 9.04. The van der Waals surface area contributed by atoms with Crippen molar-refractivity contribution < 1.29 is 38.2 Å². The monoisotopic (exact) mass is 879 g/mol. The van der Waals surface area contributed by atoms with Crippen LogP contribution in [-0.4, -0.2) is 123 Å². The van der Waals surface area contributed by atoms with Gasteiger partial charge in [0.15, 0.2) is 0 Å². The van der Waals surface area contributed by atoms with E-state index in [-0.39, 0.29) is 41.2 Å². The van der Waals surface area contributed by atoms with Crippen molar-refractivity contribution in [3.63, 3.8) is 0 Å². The number of alkyl carbamates (subject to hydrolysis) is 2. The Bertz CT molecular complexity index is 2330. The Balaban J connectivity index is 1.04. The molecular weight excluding hydrogens is 819 g/mol. The first-order chi connectivity index (χ1) is 30.4. The zero-order chi connectivity index (χ0) is 46.1. The van der Waals surface area contributed by atoms with Crippen LogP contribution in [0, 0.1) is 17.3 Å². The van der Waals surface area contributed by atoms with Crippen LogP contribution in [0.25, 0.3) is 33.6 Å². The van der Waals surface area contributed by atoms with E-state index in [0.717, 1.165) is 46.5 Å². The summed E-state index contributed by atoms with van der Waals surface area (Å²) < 4.78 is 15.2. The highest BCUT2D eigenvalue weighted by Crippen LogP contribution is 2.49. The summed E-state index contributed by atoms with van der Waals surface area (Å²) in [5, 5.41) is 5.42. The lowest BCUT2D eigenvalue weighted by molar-refractivity contribution is -0.136. The van der Waals surface area contributed by atoms with Crippen molar-refractivity contribution in [1.29, 1.82) is 0 Å². The molecule has 0 saturated carbocycles. The molecule has 3 aliphatic heterocycles. The number of hydrogen-bond acceptors (Lipinski definition) is 10. The molecule has 0 radical (unpaired) electrons. The van der Waals surface area contributed by atoms with E-state index in [1.165, 1.54) is 14.2 Å². The van der Waals surface area contributed by atoms with E-state index in [2.05, 4.69) is 49.9 Å². The van der Waals surface area contributed by atoms with E-state index in [1.54, 1.807) is 27.1 Å². The second-order valence-electron chi connectivity index (χ2n) is 18.9. The second-order valence-corrected chi connectivity index (χ2v) is 18.9. The number of nitrogens with zero attached hydrogens (tertiary/aromatic N) is 5. The first kappa shape index (κ1) is 45.6. The van der Waals surface area contributed by atoms with Gasteiger partial charge in [-0.15, -0.1) is 0 Å². The van der Waals surface area contributed by atoms with Gasteiger partial charge in [0.05, 0.1) is 50.1 Å². The van der Waals surface area contributed by atoms with E-state index in [0.29, 0.717) is 44.2 Å². The molecule has 17 nitrogen and oxygen atoms in total. The van der Waals surface area contributed by atoms with E-state index >= 15 is 0 Å². The quantitative estimate of drug-likeness (QED) is 0.113. The number of rotatable bonds is 11. The summed E-state index contributed by atoms with van der Waals surface area (Å²) in [6, 6.07) is 14.2. The van der Waals surface area contributed by atoms with Gasteiger partial charge in [0.25, 0.3) is 0 Å². The van der Waals surface area contributed by atoms with Gasteiger partial charge in [0.1, 0.15) is 29.3 Å². The maximum absolute atomic E-state index is 14.2. The third kappa shape index (κ3) is 9.72. The van der Waals surface area contributed by atoms with Gasteiger partial charge in [-0.1, -0.05) is 76.2 Å². The van der Waals surface area contributed by atoms with Crippen molar-refractivity contribution >= 4 is 30.1 Å². The zero-order valence-electron chi connectivity index (χ0n) is 38.2. The number of carbonyl (C=O) groups is 5. The molecule has 4 N–H and O–H groups in total. The molecule has 7 rings (SSSR count). The number of ether oxygens (including phenoxy) is 3. The number of likely N-dealkylation sites (tertiary alicyclic amines) is 3. The predicted molar refractivity (Wildman–Crippen MR) is 238 cm³/mol. The van der Waals surface area contributed by atoms with Crippen LogP contribution in [0.15, 0.2) is 60.9 Å². The third-order valence-corrected chi connectivity index (χ3v) is 12.4. The first-order valence-electron chi connectivity index (χ1n) is 22.0. The number of imidazole rings is 2. The summed E-state index contributed by atoms with van der Waals surface area (Å²) in [5.41, 5.74) is 4.57. The van der Waals surface area contributed by atoms with Crippen molar-refractivity contribution in [2.45, 2.75) is 97.5 Å². The minimum atomic E-state index is -0.817. The largest absolute Gasteiger partial charge is 0.453 e. The molecule has 342 valence electrons. The van der Waals surface area contributed by atoms with Crippen molar-refractivity contribution in [2.75, 3.05) is 40.4 Å². The molecule has 2 unspecified atom stereocenters. The van der Waals surface area contributed by atoms with Crippen LogP contribution < -0.4 is 10.6 Å². The van der Waals surface area contributed by atoms with Crippen LogP contribution in [0.5, 0.6) is 0 Å². The maximum Gasteiger partial charge on any atom is 0.410 e. The van der Waals surface area contributed by atoms with E-state index in [4.69, 9.17) is 19.2 Å². The van der Waals surface area contributed by atoms with Crippen molar-refractivity contribution in [3.8, 4) is 33.6 Å². The average molecular weight is 880 g/mol. The van der Waals surface area contributed by atoms with Crippen molar-refractivity contribution in [2.24, 2.45) is 17.3 Å². The van der Waals surface area contributed by atoms with Crippen LogP contribution in [-0.2, 0) is 23.8 Å². The Morgan fingerprint density at radius 2 is 1.14 bits per heavy atom. The van der Waals surface area contributed by atoms with E-state index < -0.39 is 35.9 Å². The Labute approximate surface area is 374 Å². The number of methoxy groups -OCH3 is 2. The highest BCUT2D eigenvalue weighted by atomic mass is 16.6. The number of aromatic amines is 2. The van der Waals surface area contributed by atoms with Gasteiger partial charge in [-0.2, -0.15) is 0 Å². The van der Waals surface area contributed by atoms with Crippen LogP contribution in [0.2, 0.25) is 0 Å². The molecule has 3 saturated heterocycles. The third-order valence-electron chi connectivity index (χ3n) is 12.4. The molecule has 0 aliphatic carbocycles. The Morgan fingerprint density at radius 1 is 0.688 bits per heavy atom. The Kier molecular flexibility index (Phi) is 13.1. The van der Waals surface area contributed by atoms with E-state index in [1.807, 2.05) is 72.7 Å². The minimum Gasteiger partial charge on any atom is -0.453 e. The van der Waals surface area contributed by atoms with Gasteiger partial charge in [0.2, 0.25) is 11.8 Å². The predicted octanol–water partition coefficient (Wildman–Crippen LogP) is 7.07. The smallest absolute Gasteiger partial charge is 0.410 e. The lowest BCUT2D eigenvalue weighted by atomic mass is 9.78. The number of nitrogens with one attached hydrogen (secondary N) is 4. The molecule has 4 atom stereocenters. The molecule has 5 heterocycles.